The standard InChI is InChI=1S/C20H35N2OPS/c1-14(2)21(15(3)4)24(23)19(20(8,9)22(24)16(5)6)25-18-12-10-17(7)11-13-18/h10-16,19H,1-9H3/t19-,24-/m0/s1. The summed E-state index contributed by atoms with van der Waals surface area (Å²) in [5.41, 5.74) is 1.16. The van der Waals surface area contributed by atoms with Crippen molar-refractivity contribution in [2.24, 2.45) is 0 Å². The summed E-state index contributed by atoms with van der Waals surface area (Å²) in [6, 6.07) is 9.37. The number of aryl methyl sites for hydroxylation is 1. The summed E-state index contributed by atoms with van der Waals surface area (Å²) in [6.45, 7) is 19.6. The molecule has 142 valence electrons. The maximum atomic E-state index is 14.5. The van der Waals surface area contributed by atoms with E-state index in [0.717, 1.165) is 0 Å². The summed E-state index contributed by atoms with van der Waals surface area (Å²) in [5, 5.41) is 0. The normalized spacial score (nSPS) is 26.7. The van der Waals surface area contributed by atoms with Crippen molar-refractivity contribution in [1.29, 1.82) is 0 Å². The molecular formula is C20H35N2OPS. The van der Waals surface area contributed by atoms with Crippen molar-refractivity contribution >= 4 is 19.2 Å². The lowest BCUT2D eigenvalue weighted by Gasteiger charge is -2.65. The van der Waals surface area contributed by atoms with Crippen molar-refractivity contribution < 1.29 is 4.57 Å². The quantitative estimate of drug-likeness (QED) is 0.544. The van der Waals surface area contributed by atoms with Crippen LogP contribution in [0.3, 0.4) is 0 Å². The third kappa shape index (κ3) is 3.60. The van der Waals surface area contributed by atoms with Gasteiger partial charge in [-0.15, -0.1) is 11.8 Å². The lowest BCUT2D eigenvalue weighted by molar-refractivity contribution is 0.113. The van der Waals surface area contributed by atoms with E-state index in [0.29, 0.717) is 0 Å². The Morgan fingerprint density at radius 1 is 1.04 bits per heavy atom. The largest absolute Gasteiger partial charge is 0.287 e. The fourth-order valence-electron chi connectivity index (χ4n) is 4.40. The Bertz CT molecular complexity index is 615. The zero-order valence-electron chi connectivity index (χ0n) is 17.3. The molecular weight excluding hydrogens is 347 g/mol. The minimum atomic E-state index is -2.66. The van der Waals surface area contributed by atoms with Crippen LogP contribution in [0.4, 0.5) is 0 Å². The third-order valence-electron chi connectivity index (χ3n) is 4.96. The van der Waals surface area contributed by atoms with Gasteiger partial charge in [-0.2, -0.15) is 0 Å². The molecule has 1 fully saturated rings. The molecule has 0 unspecified atom stereocenters. The molecule has 2 atom stereocenters. The molecule has 1 heterocycles. The molecule has 2 rings (SSSR count). The summed E-state index contributed by atoms with van der Waals surface area (Å²) < 4.78 is 19.0. The maximum absolute atomic E-state index is 14.5. The minimum absolute atomic E-state index is 0.0786. The first-order valence-electron chi connectivity index (χ1n) is 9.35. The van der Waals surface area contributed by atoms with Gasteiger partial charge in [0.25, 0.3) is 0 Å². The number of hydrogen-bond donors (Lipinski definition) is 0. The highest BCUT2D eigenvalue weighted by Crippen LogP contribution is 2.77. The van der Waals surface area contributed by atoms with Crippen molar-refractivity contribution in [2.75, 3.05) is 0 Å². The Labute approximate surface area is 159 Å². The number of benzene rings is 1. The van der Waals surface area contributed by atoms with Crippen LogP contribution in [-0.4, -0.2) is 38.0 Å². The van der Waals surface area contributed by atoms with Crippen LogP contribution in [0.25, 0.3) is 0 Å². The fraction of sp³-hybridized carbons (Fsp3) is 0.700. The lowest BCUT2D eigenvalue weighted by Crippen LogP contribution is -2.67. The van der Waals surface area contributed by atoms with Crippen molar-refractivity contribution in [3.05, 3.63) is 29.8 Å². The van der Waals surface area contributed by atoms with Gasteiger partial charge in [-0.1, -0.05) is 17.7 Å². The van der Waals surface area contributed by atoms with Gasteiger partial charge in [0.2, 0.25) is 7.44 Å². The van der Waals surface area contributed by atoms with Gasteiger partial charge in [-0.25, -0.2) is 9.34 Å². The van der Waals surface area contributed by atoms with Gasteiger partial charge in [0.05, 0.1) is 0 Å². The second-order valence-electron chi connectivity index (χ2n) is 8.53. The third-order valence-corrected chi connectivity index (χ3v) is 11.9. The van der Waals surface area contributed by atoms with Crippen LogP contribution in [0.1, 0.15) is 61.0 Å². The molecule has 1 aromatic carbocycles. The van der Waals surface area contributed by atoms with E-state index >= 15 is 0 Å². The molecule has 25 heavy (non-hydrogen) atoms. The molecule has 0 amide bonds. The summed E-state index contributed by atoms with van der Waals surface area (Å²) >= 11 is 1.79. The molecule has 0 N–H and O–H groups in total. The van der Waals surface area contributed by atoms with Crippen molar-refractivity contribution in [3.8, 4) is 0 Å². The average molecular weight is 383 g/mol. The molecule has 5 heteroatoms. The van der Waals surface area contributed by atoms with E-state index < -0.39 is 7.44 Å². The number of hydrogen-bond acceptors (Lipinski definition) is 2. The van der Waals surface area contributed by atoms with Crippen LogP contribution >= 0.6 is 19.2 Å². The van der Waals surface area contributed by atoms with Gasteiger partial charge in [0, 0.05) is 28.6 Å². The fourth-order valence-corrected chi connectivity index (χ4v) is 11.3. The summed E-state index contributed by atoms with van der Waals surface area (Å²) in [5.74, 6) is 0. The lowest BCUT2D eigenvalue weighted by atomic mass is 10.1. The minimum Gasteiger partial charge on any atom is -0.287 e. The van der Waals surface area contributed by atoms with E-state index in [9.17, 15) is 4.57 Å². The average Bonchev–Trinajstić information content (AvgIpc) is 2.44. The van der Waals surface area contributed by atoms with Crippen molar-refractivity contribution in [2.45, 2.75) is 95.9 Å². The smallest absolute Gasteiger partial charge is 0.232 e. The molecule has 3 nitrogen and oxygen atoms in total. The van der Waals surface area contributed by atoms with Gasteiger partial charge in [-0.3, -0.25) is 4.57 Å². The summed E-state index contributed by atoms with van der Waals surface area (Å²) in [7, 11) is -2.66. The highest BCUT2D eigenvalue weighted by Gasteiger charge is 2.67. The molecule has 0 aromatic heterocycles. The predicted molar refractivity (Wildman–Crippen MR) is 112 cm³/mol. The Morgan fingerprint density at radius 2 is 1.52 bits per heavy atom. The van der Waals surface area contributed by atoms with Gasteiger partial charge >= 0.3 is 0 Å². The van der Waals surface area contributed by atoms with E-state index in [1.54, 1.807) is 11.8 Å². The van der Waals surface area contributed by atoms with E-state index in [2.05, 4.69) is 95.9 Å². The van der Waals surface area contributed by atoms with Crippen molar-refractivity contribution in [3.63, 3.8) is 0 Å². The Hall–Kier alpha value is -0.280. The SMILES string of the molecule is Cc1ccc(S[C@H]2C(C)(C)N(C(C)C)[P@@]2(=O)N(C(C)C)C(C)C)cc1. The second kappa shape index (κ2) is 7.38. The molecule has 1 saturated heterocycles. The molecule has 0 saturated carbocycles. The highest BCUT2D eigenvalue weighted by molar-refractivity contribution is 8.06. The Balaban J connectivity index is 2.47. The molecule has 0 radical (unpaired) electrons. The first-order chi connectivity index (χ1) is 11.4. The summed E-state index contributed by atoms with van der Waals surface area (Å²) in [4.78, 5) is 1.29. The zero-order chi connectivity index (χ0) is 19.2. The second-order valence-corrected chi connectivity index (χ2v) is 12.6. The van der Waals surface area contributed by atoms with Gasteiger partial charge < -0.3 is 0 Å². The van der Waals surface area contributed by atoms with Gasteiger partial charge in [0.1, 0.15) is 4.99 Å². The van der Waals surface area contributed by atoms with Crippen molar-refractivity contribution in [1.82, 2.24) is 9.34 Å². The van der Waals surface area contributed by atoms with E-state index in [1.807, 2.05) is 0 Å². The van der Waals surface area contributed by atoms with Crippen LogP contribution in [0.15, 0.2) is 29.2 Å². The van der Waals surface area contributed by atoms with Crippen LogP contribution in [0.5, 0.6) is 0 Å². The topological polar surface area (TPSA) is 23.6 Å². The molecule has 0 spiro atoms. The maximum Gasteiger partial charge on any atom is 0.232 e. The summed E-state index contributed by atoms with van der Waals surface area (Å²) in [6.07, 6.45) is 0. The van der Waals surface area contributed by atoms with Gasteiger partial charge in [-0.05, 0) is 74.4 Å². The number of thioether (sulfide) groups is 1. The first-order valence-corrected chi connectivity index (χ1v) is 11.9. The molecule has 0 aliphatic carbocycles. The molecule has 1 aliphatic rings. The van der Waals surface area contributed by atoms with Crippen LogP contribution in [0.2, 0.25) is 0 Å². The molecule has 1 aromatic rings. The van der Waals surface area contributed by atoms with Crippen LogP contribution in [0, 0.1) is 6.92 Å². The Morgan fingerprint density at radius 3 is 1.92 bits per heavy atom. The monoisotopic (exact) mass is 382 g/mol. The van der Waals surface area contributed by atoms with E-state index in [1.165, 1.54) is 10.5 Å². The molecule has 0 bridgehead atoms. The van der Waals surface area contributed by atoms with Crippen LogP contribution < -0.4 is 0 Å². The zero-order valence-corrected chi connectivity index (χ0v) is 19.0. The van der Waals surface area contributed by atoms with E-state index in [-0.39, 0.29) is 28.7 Å². The van der Waals surface area contributed by atoms with Gasteiger partial charge in [0.15, 0.2) is 0 Å². The predicted octanol–water partition coefficient (Wildman–Crippen LogP) is 6.23. The highest BCUT2D eigenvalue weighted by atomic mass is 32.2. The Kier molecular flexibility index (Phi) is 6.21. The van der Waals surface area contributed by atoms with E-state index in [4.69, 9.17) is 0 Å². The number of nitrogens with zero attached hydrogens (tertiary/aromatic N) is 2. The molecule has 1 aliphatic heterocycles. The first kappa shape index (κ1) is 21.0. The number of rotatable bonds is 6. The van der Waals surface area contributed by atoms with Crippen LogP contribution in [-0.2, 0) is 4.57 Å².